The van der Waals surface area contributed by atoms with Crippen molar-refractivity contribution < 1.29 is 14.3 Å². The Morgan fingerprint density at radius 1 is 1.37 bits per heavy atom. The van der Waals surface area contributed by atoms with Crippen LogP contribution in [0.15, 0.2) is 18.2 Å². The van der Waals surface area contributed by atoms with Crippen LogP contribution in [0.3, 0.4) is 0 Å². The molecule has 0 radical (unpaired) electrons. The lowest BCUT2D eigenvalue weighted by Gasteiger charge is -2.30. The molecule has 0 unspecified atom stereocenters. The minimum absolute atomic E-state index is 0.0158. The van der Waals surface area contributed by atoms with Gasteiger partial charge >= 0.3 is 0 Å². The maximum absolute atomic E-state index is 13.7. The summed E-state index contributed by atoms with van der Waals surface area (Å²) < 4.78 is 13.7. The molecule has 0 aromatic heterocycles. The van der Waals surface area contributed by atoms with Gasteiger partial charge in [0.05, 0.1) is 17.7 Å². The minimum atomic E-state index is -0.981. The van der Waals surface area contributed by atoms with Gasteiger partial charge in [-0.15, -0.1) is 0 Å². The van der Waals surface area contributed by atoms with Crippen LogP contribution in [0.2, 0.25) is 5.02 Å². The molecule has 1 fully saturated rings. The summed E-state index contributed by atoms with van der Waals surface area (Å²) in [6, 6.07) is 3.98. The molecule has 2 rings (SSSR count). The number of benzene rings is 1. The second kappa shape index (κ2) is 4.46. The van der Waals surface area contributed by atoms with Crippen molar-refractivity contribution in [2.75, 3.05) is 13.1 Å². The van der Waals surface area contributed by atoms with Gasteiger partial charge < -0.3 is 10.0 Å². The predicted molar refractivity (Wildman–Crippen MR) is 71.7 cm³/mol. The van der Waals surface area contributed by atoms with Crippen LogP contribution in [0, 0.1) is 11.2 Å². The lowest BCUT2D eigenvalue weighted by Crippen LogP contribution is -2.40. The van der Waals surface area contributed by atoms with E-state index in [0.29, 0.717) is 6.54 Å². The van der Waals surface area contributed by atoms with Crippen molar-refractivity contribution in [2.24, 2.45) is 5.41 Å². The van der Waals surface area contributed by atoms with Crippen molar-refractivity contribution in [3.05, 3.63) is 34.6 Å². The predicted octanol–water partition coefficient (Wildman–Crippen LogP) is 2.71. The first-order chi connectivity index (χ1) is 8.64. The number of likely N-dealkylation sites (tertiary alicyclic amines) is 1. The van der Waals surface area contributed by atoms with Crippen LogP contribution in [-0.2, 0) is 0 Å². The zero-order valence-electron chi connectivity index (χ0n) is 11.2. The van der Waals surface area contributed by atoms with Crippen molar-refractivity contribution in [2.45, 2.75) is 26.4 Å². The number of carbonyl (C=O) groups is 1. The molecular weight excluding hydrogens is 269 g/mol. The second-order valence-electron chi connectivity index (χ2n) is 5.94. The standard InChI is InChI=1S/C14H17ClFNO2/c1-13(2)7-17(8-14(13,3)19)12(18)10-5-4-9(15)6-11(10)16/h4-6,19H,7-8H2,1-3H3/t14-/m0/s1. The number of nitrogens with zero attached hydrogens (tertiary/aromatic N) is 1. The van der Waals surface area contributed by atoms with Crippen LogP contribution in [0.4, 0.5) is 4.39 Å². The monoisotopic (exact) mass is 285 g/mol. The van der Waals surface area contributed by atoms with Gasteiger partial charge in [-0.2, -0.15) is 0 Å². The van der Waals surface area contributed by atoms with Gasteiger partial charge in [0.1, 0.15) is 5.82 Å². The lowest BCUT2D eigenvalue weighted by molar-refractivity contribution is -0.0108. The van der Waals surface area contributed by atoms with Crippen LogP contribution in [0.25, 0.3) is 0 Å². The first-order valence-corrected chi connectivity index (χ1v) is 6.48. The Hall–Kier alpha value is -1.13. The number of amides is 1. The second-order valence-corrected chi connectivity index (χ2v) is 6.38. The van der Waals surface area contributed by atoms with Gasteiger partial charge in [-0.25, -0.2) is 4.39 Å². The molecule has 1 N–H and O–H groups in total. The molecule has 1 aromatic carbocycles. The third kappa shape index (κ3) is 2.47. The Balaban J connectivity index is 2.27. The molecule has 19 heavy (non-hydrogen) atoms. The van der Waals surface area contributed by atoms with Crippen LogP contribution in [0.1, 0.15) is 31.1 Å². The van der Waals surface area contributed by atoms with E-state index < -0.39 is 22.7 Å². The van der Waals surface area contributed by atoms with E-state index in [4.69, 9.17) is 11.6 Å². The quantitative estimate of drug-likeness (QED) is 0.862. The van der Waals surface area contributed by atoms with Crippen molar-refractivity contribution in [3.8, 4) is 0 Å². The fourth-order valence-corrected chi connectivity index (χ4v) is 2.42. The number of hydrogen-bond acceptors (Lipinski definition) is 2. The Kier molecular flexibility index (Phi) is 3.35. The summed E-state index contributed by atoms with van der Waals surface area (Å²) in [5.41, 5.74) is -1.42. The molecule has 1 saturated heterocycles. The largest absolute Gasteiger partial charge is 0.388 e. The van der Waals surface area contributed by atoms with Crippen LogP contribution in [-0.4, -0.2) is 34.6 Å². The average Bonchev–Trinajstić information content (AvgIpc) is 2.47. The van der Waals surface area contributed by atoms with Gasteiger partial charge in [0.2, 0.25) is 0 Å². The van der Waals surface area contributed by atoms with E-state index in [0.717, 1.165) is 6.07 Å². The van der Waals surface area contributed by atoms with Gasteiger partial charge in [-0.3, -0.25) is 4.79 Å². The smallest absolute Gasteiger partial charge is 0.256 e. The molecule has 0 spiro atoms. The molecule has 5 heteroatoms. The van der Waals surface area contributed by atoms with E-state index in [9.17, 15) is 14.3 Å². The topological polar surface area (TPSA) is 40.5 Å². The molecular formula is C14H17ClFNO2. The fourth-order valence-electron chi connectivity index (χ4n) is 2.27. The highest BCUT2D eigenvalue weighted by atomic mass is 35.5. The van der Waals surface area contributed by atoms with Crippen LogP contribution < -0.4 is 0 Å². The first kappa shape index (κ1) is 14.3. The van der Waals surface area contributed by atoms with E-state index >= 15 is 0 Å². The third-order valence-corrected chi connectivity index (χ3v) is 4.23. The Morgan fingerprint density at radius 2 is 2.00 bits per heavy atom. The Labute approximate surface area is 117 Å². The Morgan fingerprint density at radius 3 is 2.47 bits per heavy atom. The first-order valence-electron chi connectivity index (χ1n) is 6.11. The molecule has 1 aliphatic rings. The van der Waals surface area contributed by atoms with E-state index in [2.05, 4.69) is 0 Å². The van der Waals surface area contributed by atoms with E-state index in [1.165, 1.54) is 17.0 Å². The van der Waals surface area contributed by atoms with Crippen molar-refractivity contribution in [1.82, 2.24) is 4.90 Å². The van der Waals surface area contributed by atoms with Gasteiger partial charge in [0, 0.05) is 17.0 Å². The average molecular weight is 286 g/mol. The van der Waals surface area contributed by atoms with Gasteiger partial charge in [-0.1, -0.05) is 25.4 Å². The van der Waals surface area contributed by atoms with Crippen molar-refractivity contribution in [3.63, 3.8) is 0 Å². The SMILES string of the molecule is CC1(C)CN(C(=O)c2ccc(Cl)cc2F)C[C@]1(C)O. The summed E-state index contributed by atoms with van der Waals surface area (Å²) in [6.07, 6.45) is 0. The lowest BCUT2D eigenvalue weighted by atomic mass is 9.79. The van der Waals surface area contributed by atoms with Gasteiger partial charge in [0.25, 0.3) is 5.91 Å². The summed E-state index contributed by atoms with van der Waals surface area (Å²) >= 11 is 5.67. The van der Waals surface area contributed by atoms with Crippen molar-refractivity contribution >= 4 is 17.5 Å². The molecule has 1 aromatic rings. The minimum Gasteiger partial charge on any atom is -0.388 e. The zero-order chi connectivity index (χ0) is 14.4. The molecule has 1 aliphatic heterocycles. The molecule has 1 amide bonds. The molecule has 0 saturated carbocycles. The summed E-state index contributed by atoms with van der Waals surface area (Å²) in [6.45, 7) is 6.05. The number of β-amino-alcohol motifs (C(OH)–C–C–N with tert-alkyl or cyclic N) is 1. The highest BCUT2D eigenvalue weighted by molar-refractivity contribution is 6.30. The normalized spacial score (nSPS) is 25.7. The van der Waals surface area contributed by atoms with E-state index in [1.807, 2.05) is 13.8 Å². The van der Waals surface area contributed by atoms with E-state index in [-0.39, 0.29) is 17.1 Å². The highest BCUT2D eigenvalue weighted by Crippen LogP contribution is 2.39. The molecule has 0 bridgehead atoms. The zero-order valence-corrected chi connectivity index (χ0v) is 12.0. The molecule has 1 heterocycles. The van der Waals surface area contributed by atoms with Crippen LogP contribution >= 0.6 is 11.6 Å². The number of aliphatic hydroxyl groups is 1. The summed E-state index contributed by atoms with van der Waals surface area (Å²) in [4.78, 5) is 13.8. The number of hydrogen-bond donors (Lipinski definition) is 1. The summed E-state index contributed by atoms with van der Waals surface area (Å²) in [5.74, 6) is -1.05. The molecule has 3 nitrogen and oxygen atoms in total. The van der Waals surface area contributed by atoms with Crippen molar-refractivity contribution in [1.29, 1.82) is 0 Å². The fraction of sp³-hybridized carbons (Fsp3) is 0.500. The van der Waals surface area contributed by atoms with Gasteiger partial charge in [0.15, 0.2) is 0 Å². The highest BCUT2D eigenvalue weighted by Gasteiger charge is 2.49. The van der Waals surface area contributed by atoms with Crippen LogP contribution in [0.5, 0.6) is 0 Å². The molecule has 0 aliphatic carbocycles. The maximum Gasteiger partial charge on any atom is 0.256 e. The maximum atomic E-state index is 13.7. The summed E-state index contributed by atoms with van der Waals surface area (Å²) in [7, 11) is 0. The molecule has 1 atom stereocenters. The number of halogens is 2. The third-order valence-electron chi connectivity index (χ3n) is 3.99. The van der Waals surface area contributed by atoms with Gasteiger partial charge in [-0.05, 0) is 25.1 Å². The Bertz CT molecular complexity index is 512. The number of rotatable bonds is 1. The molecule has 104 valence electrons. The summed E-state index contributed by atoms with van der Waals surface area (Å²) in [5, 5.41) is 10.5. The van der Waals surface area contributed by atoms with E-state index in [1.54, 1.807) is 6.92 Å². The number of carbonyl (C=O) groups excluding carboxylic acids is 1.